The quantitative estimate of drug-likeness (QED) is 0.710. The fourth-order valence-corrected chi connectivity index (χ4v) is 4.53. The number of carboxylic acids is 1. The molecule has 3 heterocycles. The maximum atomic E-state index is 12.2. The van der Waals surface area contributed by atoms with Gasteiger partial charge < -0.3 is 19.5 Å². The van der Waals surface area contributed by atoms with Crippen LogP contribution in [-0.2, 0) is 25.6 Å². The standard InChI is InChI=1S/C21H30N2O3.C2HF3O2/c1-17-6-2-3-7-18(17)13-22-11-8-21(16-22)12-19(14-26-21)25-15-20(24)23-9-4-5-10-23;3-2(4,5)1(6)7/h2-3,6-7,19H,4-5,8-16H2,1H3;(H,6,7)/t19-,21+;/m1./s1. The minimum atomic E-state index is -5.08. The largest absolute Gasteiger partial charge is 0.490 e. The molecular formula is C23H31F3N2O5. The molecule has 10 heteroatoms. The summed E-state index contributed by atoms with van der Waals surface area (Å²) in [6, 6.07) is 8.59. The van der Waals surface area contributed by atoms with Gasteiger partial charge in [-0.25, -0.2) is 4.79 Å². The second kappa shape index (κ2) is 10.8. The van der Waals surface area contributed by atoms with Crippen molar-refractivity contribution in [1.29, 1.82) is 0 Å². The predicted octanol–water partition coefficient (Wildman–Crippen LogP) is 3.00. The fraction of sp³-hybridized carbons (Fsp3) is 0.652. The first kappa shape index (κ1) is 25.5. The molecule has 184 valence electrons. The number of ether oxygens (including phenoxy) is 2. The van der Waals surface area contributed by atoms with E-state index in [0.29, 0.717) is 6.61 Å². The van der Waals surface area contributed by atoms with Crippen LogP contribution in [0.2, 0.25) is 0 Å². The maximum absolute atomic E-state index is 12.2. The van der Waals surface area contributed by atoms with Crippen molar-refractivity contribution in [2.75, 3.05) is 39.4 Å². The molecule has 33 heavy (non-hydrogen) atoms. The van der Waals surface area contributed by atoms with Gasteiger partial charge in [0.15, 0.2) is 0 Å². The Hall–Kier alpha value is -2.17. The molecule has 0 aliphatic carbocycles. The van der Waals surface area contributed by atoms with E-state index >= 15 is 0 Å². The summed E-state index contributed by atoms with van der Waals surface area (Å²) >= 11 is 0. The summed E-state index contributed by atoms with van der Waals surface area (Å²) in [6.45, 7) is 7.78. The molecule has 3 saturated heterocycles. The van der Waals surface area contributed by atoms with Gasteiger partial charge in [0.05, 0.1) is 18.3 Å². The second-order valence-corrected chi connectivity index (χ2v) is 8.91. The Morgan fingerprint density at radius 3 is 2.52 bits per heavy atom. The third-order valence-corrected chi connectivity index (χ3v) is 6.37. The lowest BCUT2D eigenvalue weighted by Crippen LogP contribution is -2.34. The van der Waals surface area contributed by atoms with Crippen molar-refractivity contribution >= 4 is 11.9 Å². The Kier molecular flexibility index (Phi) is 8.36. The summed E-state index contributed by atoms with van der Waals surface area (Å²) in [6.07, 6.45) is -0.820. The van der Waals surface area contributed by atoms with E-state index in [1.165, 1.54) is 11.1 Å². The van der Waals surface area contributed by atoms with E-state index < -0.39 is 12.1 Å². The molecule has 4 rings (SSSR count). The number of aryl methyl sites for hydroxylation is 1. The molecule has 1 aromatic carbocycles. The van der Waals surface area contributed by atoms with Crippen LogP contribution < -0.4 is 0 Å². The van der Waals surface area contributed by atoms with E-state index in [2.05, 4.69) is 36.1 Å². The molecule has 3 aliphatic heterocycles. The molecular weight excluding hydrogens is 441 g/mol. The fourth-order valence-electron chi connectivity index (χ4n) is 4.53. The average molecular weight is 473 g/mol. The number of hydrogen-bond acceptors (Lipinski definition) is 5. The van der Waals surface area contributed by atoms with Crippen LogP contribution in [0.3, 0.4) is 0 Å². The van der Waals surface area contributed by atoms with Gasteiger partial charge in [0.2, 0.25) is 5.91 Å². The molecule has 3 aliphatic rings. The van der Waals surface area contributed by atoms with E-state index in [-0.39, 0.29) is 24.2 Å². The minimum absolute atomic E-state index is 0.0555. The average Bonchev–Trinajstić information content (AvgIpc) is 3.50. The number of likely N-dealkylation sites (tertiary alicyclic amines) is 2. The van der Waals surface area contributed by atoms with Gasteiger partial charge in [-0.2, -0.15) is 13.2 Å². The molecule has 0 saturated carbocycles. The van der Waals surface area contributed by atoms with E-state index in [4.69, 9.17) is 19.4 Å². The van der Waals surface area contributed by atoms with Gasteiger partial charge in [-0.15, -0.1) is 0 Å². The lowest BCUT2D eigenvalue weighted by Gasteiger charge is -2.24. The zero-order chi connectivity index (χ0) is 24.1. The van der Waals surface area contributed by atoms with Gasteiger partial charge in [0, 0.05) is 39.1 Å². The van der Waals surface area contributed by atoms with Crippen LogP contribution in [0.4, 0.5) is 13.2 Å². The lowest BCUT2D eigenvalue weighted by molar-refractivity contribution is -0.192. The molecule has 7 nitrogen and oxygen atoms in total. The highest BCUT2D eigenvalue weighted by molar-refractivity contribution is 5.77. The topological polar surface area (TPSA) is 79.3 Å². The number of halogens is 3. The number of amides is 1. The molecule has 0 unspecified atom stereocenters. The summed E-state index contributed by atoms with van der Waals surface area (Å²) in [5.74, 6) is -2.62. The van der Waals surface area contributed by atoms with Crippen LogP contribution in [0.1, 0.15) is 36.8 Å². The molecule has 0 bridgehead atoms. The molecule has 0 radical (unpaired) electrons. The van der Waals surface area contributed by atoms with Gasteiger partial charge in [-0.3, -0.25) is 9.69 Å². The highest BCUT2D eigenvalue weighted by Gasteiger charge is 2.46. The van der Waals surface area contributed by atoms with Crippen LogP contribution in [0, 0.1) is 6.92 Å². The molecule has 1 amide bonds. The van der Waals surface area contributed by atoms with Crippen molar-refractivity contribution in [2.24, 2.45) is 0 Å². The predicted molar refractivity (Wildman–Crippen MR) is 114 cm³/mol. The monoisotopic (exact) mass is 472 g/mol. The van der Waals surface area contributed by atoms with Crippen LogP contribution in [0.5, 0.6) is 0 Å². The number of rotatable bonds is 5. The highest BCUT2D eigenvalue weighted by Crippen LogP contribution is 2.37. The molecule has 1 aromatic rings. The number of nitrogens with zero attached hydrogens (tertiary/aromatic N) is 2. The van der Waals surface area contributed by atoms with Crippen molar-refractivity contribution in [3.63, 3.8) is 0 Å². The number of carbonyl (C=O) groups is 2. The summed E-state index contributed by atoms with van der Waals surface area (Å²) in [4.78, 5) is 25.5. The zero-order valence-electron chi connectivity index (χ0n) is 18.8. The smallest absolute Gasteiger partial charge is 0.475 e. The molecule has 1 N–H and O–H groups in total. The second-order valence-electron chi connectivity index (χ2n) is 8.91. The van der Waals surface area contributed by atoms with Crippen molar-refractivity contribution in [3.8, 4) is 0 Å². The molecule has 3 fully saturated rings. The Bertz CT molecular complexity index is 829. The van der Waals surface area contributed by atoms with Crippen LogP contribution in [-0.4, -0.2) is 84.1 Å². The Balaban J connectivity index is 0.000000383. The number of carboxylic acid groups (broad SMARTS) is 1. The van der Waals surface area contributed by atoms with Gasteiger partial charge in [-0.05, 0) is 37.3 Å². The lowest BCUT2D eigenvalue weighted by atomic mass is 9.98. The molecule has 0 aromatic heterocycles. The number of aliphatic carboxylic acids is 1. The molecule has 1 spiro atoms. The van der Waals surface area contributed by atoms with Crippen LogP contribution in [0.25, 0.3) is 0 Å². The summed E-state index contributed by atoms with van der Waals surface area (Å²) in [5.41, 5.74) is 2.67. The normalized spacial score (nSPS) is 25.3. The third kappa shape index (κ3) is 7.15. The number of alkyl halides is 3. The third-order valence-electron chi connectivity index (χ3n) is 6.37. The first-order valence-corrected chi connectivity index (χ1v) is 11.2. The number of hydrogen-bond donors (Lipinski definition) is 1. The molecule has 2 atom stereocenters. The van der Waals surface area contributed by atoms with E-state index in [1.807, 2.05) is 4.90 Å². The highest BCUT2D eigenvalue weighted by atomic mass is 19.4. The SMILES string of the molecule is Cc1ccccc1CN1CC[C@]2(C[C@@H](OCC(=O)N3CCCC3)CO2)C1.O=C(O)C(F)(F)F. The number of carbonyl (C=O) groups excluding carboxylic acids is 1. The Morgan fingerprint density at radius 2 is 1.88 bits per heavy atom. The minimum Gasteiger partial charge on any atom is -0.475 e. The van der Waals surface area contributed by atoms with Gasteiger partial charge in [-0.1, -0.05) is 24.3 Å². The van der Waals surface area contributed by atoms with Crippen molar-refractivity contribution in [2.45, 2.75) is 57.0 Å². The summed E-state index contributed by atoms with van der Waals surface area (Å²) < 4.78 is 43.8. The Morgan fingerprint density at radius 1 is 1.21 bits per heavy atom. The van der Waals surface area contributed by atoms with E-state index in [9.17, 15) is 18.0 Å². The van der Waals surface area contributed by atoms with Gasteiger partial charge >= 0.3 is 12.1 Å². The van der Waals surface area contributed by atoms with Crippen molar-refractivity contribution < 1.29 is 37.3 Å². The van der Waals surface area contributed by atoms with Crippen LogP contribution >= 0.6 is 0 Å². The summed E-state index contributed by atoms with van der Waals surface area (Å²) in [7, 11) is 0. The van der Waals surface area contributed by atoms with E-state index in [1.54, 1.807) is 0 Å². The van der Waals surface area contributed by atoms with Gasteiger partial charge in [0.25, 0.3) is 0 Å². The first-order valence-electron chi connectivity index (χ1n) is 11.2. The summed E-state index contributed by atoms with van der Waals surface area (Å²) in [5, 5.41) is 7.12. The van der Waals surface area contributed by atoms with E-state index in [0.717, 1.165) is 58.4 Å². The van der Waals surface area contributed by atoms with Gasteiger partial charge in [0.1, 0.15) is 6.61 Å². The zero-order valence-corrected chi connectivity index (χ0v) is 18.8. The van der Waals surface area contributed by atoms with Crippen molar-refractivity contribution in [3.05, 3.63) is 35.4 Å². The number of benzene rings is 1. The van der Waals surface area contributed by atoms with Crippen LogP contribution in [0.15, 0.2) is 24.3 Å². The van der Waals surface area contributed by atoms with Crippen molar-refractivity contribution in [1.82, 2.24) is 9.80 Å². The first-order chi connectivity index (χ1) is 15.6. The maximum Gasteiger partial charge on any atom is 0.490 e. The Labute approximate surface area is 191 Å².